The number of rotatable bonds is 8. The molecule has 3 heteroatoms. The molecule has 0 spiro atoms. The van der Waals surface area contributed by atoms with E-state index in [0.717, 1.165) is 18.6 Å². The first-order valence-corrected chi connectivity index (χ1v) is 10.4. The summed E-state index contributed by atoms with van der Waals surface area (Å²) in [6.07, 6.45) is 3.04. The second-order valence-corrected chi connectivity index (χ2v) is 8.58. The van der Waals surface area contributed by atoms with Crippen LogP contribution in [0.1, 0.15) is 44.7 Å². The predicted octanol–water partition coefficient (Wildman–Crippen LogP) is 5.01. The van der Waals surface area contributed by atoms with Crippen molar-refractivity contribution in [2.45, 2.75) is 57.7 Å². The summed E-state index contributed by atoms with van der Waals surface area (Å²) in [6, 6.07) is 19.0. The lowest BCUT2D eigenvalue weighted by atomic mass is 9.65. The fraction of sp³-hybridized carbons (Fsp3) is 0.520. The van der Waals surface area contributed by atoms with Gasteiger partial charge in [0.15, 0.2) is 0 Å². The van der Waals surface area contributed by atoms with Crippen molar-refractivity contribution in [1.82, 2.24) is 0 Å². The third-order valence-electron chi connectivity index (χ3n) is 6.54. The van der Waals surface area contributed by atoms with Crippen LogP contribution in [0.2, 0.25) is 0 Å². The topological polar surface area (TPSA) is 38.7 Å². The molecule has 1 aliphatic rings. The van der Waals surface area contributed by atoms with Crippen LogP contribution in [-0.4, -0.2) is 31.0 Å². The zero-order valence-electron chi connectivity index (χ0n) is 17.6. The first kappa shape index (κ1) is 20.9. The summed E-state index contributed by atoms with van der Waals surface area (Å²) in [7, 11) is 1.70. The van der Waals surface area contributed by atoms with Gasteiger partial charge in [0.2, 0.25) is 0 Å². The Morgan fingerprint density at radius 3 is 2.25 bits per heavy atom. The molecule has 1 N–H and O–H groups in total. The molecule has 3 nitrogen and oxygen atoms in total. The van der Waals surface area contributed by atoms with Gasteiger partial charge in [-0.05, 0) is 59.8 Å². The van der Waals surface area contributed by atoms with Gasteiger partial charge in [-0.1, -0.05) is 63.2 Å². The van der Waals surface area contributed by atoms with Gasteiger partial charge in [0, 0.05) is 6.61 Å². The van der Waals surface area contributed by atoms with Gasteiger partial charge in [0.1, 0.15) is 5.75 Å². The van der Waals surface area contributed by atoms with E-state index in [9.17, 15) is 5.11 Å². The summed E-state index contributed by atoms with van der Waals surface area (Å²) >= 11 is 0. The van der Waals surface area contributed by atoms with Crippen molar-refractivity contribution in [2.75, 3.05) is 13.7 Å². The molecule has 2 aromatic rings. The number of aliphatic hydroxyl groups is 1. The zero-order chi connectivity index (χ0) is 20.1. The van der Waals surface area contributed by atoms with Crippen LogP contribution in [0.3, 0.4) is 0 Å². The van der Waals surface area contributed by atoms with Crippen LogP contribution in [0.4, 0.5) is 0 Å². The first-order valence-electron chi connectivity index (χ1n) is 10.4. The molecule has 0 unspecified atom stereocenters. The molecule has 3 rings (SSSR count). The standard InChI is InChI=1S/C25H34O3/c1-18-22(15-10-19-8-6-5-7-9-19)28-23(16-17-26)24(18)25(2,3)20-11-13-21(27-4)14-12-20/h5-9,11-14,18,22-24,26H,10,15-17H2,1-4H3/t18-,22+,23-,24+/m1/s1. The smallest absolute Gasteiger partial charge is 0.118 e. The quantitative estimate of drug-likeness (QED) is 0.698. The average Bonchev–Trinajstić information content (AvgIpc) is 3.03. The number of benzene rings is 2. The largest absolute Gasteiger partial charge is 0.497 e. The van der Waals surface area contributed by atoms with Crippen molar-refractivity contribution >= 4 is 0 Å². The van der Waals surface area contributed by atoms with Crippen LogP contribution in [0.15, 0.2) is 54.6 Å². The number of ether oxygens (including phenoxy) is 2. The second kappa shape index (κ2) is 9.11. The number of aliphatic hydroxyl groups excluding tert-OH is 1. The summed E-state index contributed by atoms with van der Waals surface area (Å²) in [5, 5.41) is 9.63. The van der Waals surface area contributed by atoms with E-state index in [1.807, 2.05) is 12.1 Å². The maximum atomic E-state index is 9.63. The Hall–Kier alpha value is -1.84. The van der Waals surface area contributed by atoms with E-state index in [0.29, 0.717) is 18.3 Å². The third-order valence-corrected chi connectivity index (χ3v) is 6.54. The number of aryl methyl sites for hydroxylation is 1. The minimum atomic E-state index is -0.0486. The van der Waals surface area contributed by atoms with Gasteiger partial charge in [-0.25, -0.2) is 0 Å². The Kier molecular flexibility index (Phi) is 6.79. The normalized spacial score (nSPS) is 25.0. The van der Waals surface area contributed by atoms with Gasteiger partial charge >= 0.3 is 0 Å². The van der Waals surface area contributed by atoms with Gasteiger partial charge in [-0.2, -0.15) is 0 Å². The molecule has 4 atom stereocenters. The molecular weight excluding hydrogens is 348 g/mol. The van der Waals surface area contributed by atoms with Crippen molar-refractivity contribution in [3.63, 3.8) is 0 Å². The van der Waals surface area contributed by atoms with Gasteiger partial charge < -0.3 is 14.6 Å². The fourth-order valence-electron chi connectivity index (χ4n) is 5.00. The average molecular weight is 383 g/mol. The zero-order valence-corrected chi connectivity index (χ0v) is 17.6. The molecule has 1 fully saturated rings. The van der Waals surface area contributed by atoms with Gasteiger partial charge in [-0.15, -0.1) is 0 Å². The fourth-order valence-corrected chi connectivity index (χ4v) is 5.00. The highest BCUT2D eigenvalue weighted by atomic mass is 16.5. The van der Waals surface area contributed by atoms with E-state index in [1.165, 1.54) is 11.1 Å². The molecule has 0 amide bonds. The van der Waals surface area contributed by atoms with E-state index in [-0.39, 0.29) is 24.2 Å². The van der Waals surface area contributed by atoms with Crippen molar-refractivity contribution in [2.24, 2.45) is 11.8 Å². The molecular formula is C25H34O3. The Balaban J connectivity index is 1.78. The molecule has 1 aliphatic heterocycles. The summed E-state index contributed by atoms with van der Waals surface area (Å²) in [5.41, 5.74) is 2.60. The van der Waals surface area contributed by atoms with Crippen molar-refractivity contribution in [3.05, 3.63) is 65.7 Å². The molecule has 152 valence electrons. The van der Waals surface area contributed by atoms with E-state index in [4.69, 9.17) is 9.47 Å². The molecule has 1 saturated heterocycles. The van der Waals surface area contributed by atoms with E-state index in [1.54, 1.807) is 7.11 Å². The molecule has 0 aliphatic carbocycles. The lowest BCUT2D eigenvalue weighted by molar-refractivity contribution is 0.00629. The molecule has 0 aromatic heterocycles. The molecule has 2 aromatic carbocycles. The summed E-state index contributed by atoms with van der Waals surface area (Å²) in [4.78, 5) is 0. The van der Waals surface area contributed by atoms with Gasteiger partial charge in [-0.3, -0.25) is 0 Å². The van der Waals surface area contributed by atoms with Crippen LogP contribution < -0.4 is 4.74 Å². The highest BCUT2D eigenvalue weighted by Gasteiger charge is 2.48. The van der Waals surface area contributed by atoms with Gasteiger partial charge in [0.25, 0.3) is 0 Å². The van der Waals surface area contributed by atoms with Crippen LogP contribution >= 0.6 is 0 Å². The van der Waals surface area contributed by atoms with Crippen LogP contribution in [-0.2, 0) is 16.6 Å². The minimum Gasteiger partial charge on any atom is -0.497 e. The Labute approximate surface area is 169 Å². The number of methoxy groups -OCH3 is 1. The summed E-state index contributed by atoms with van der Waals surface area (Å²) < 4.78 is 11.8. The Morgan fingerprint density at radius 1 is 0.964 bits per heavy atom. The number of hydrogen-bond acceptors (Lipinski definition) is 3. The summed E-state index contributed by atoms with van der Waals surface area (Å²) in [6.45, 7) is 7.10. The molecule has 1 heterocycles. The second-order valence-electron chi connectivity index (χ2n) is 8.58. The van der Waals surface area contributed by atoms with E-state index in [2.05, 4.69) is 63.2 Å². The molecule has 0 saturated carbocycles. The predicted molar refractivity (Wildman–Crippen MR) is 114 cm³/mol. The summed E-state index contributed by atoms with van der Waals surface area (Å²) in [5.74, 6) is 1.66. The lowest BCUT2D eigenvalue weighted by Crippen LogP contribution is -2.38. The maximum Gasteiger partial charge on any atom is 0.118 e. The van der Waals surface area contributed by atoms with Crippen molar-refractivity contribution in [1.29, 1.82) is 0 Å². The monoisotopic (exact) mass is 382 g/mol. The third kappa shape index (κ3) is 4.42. The van der Waals surface area contributed by atoms with E-state index < -0.39 is 0 Å². The first-order chi connectivity index (χ1) is 13.5. The van der Waals surface area contributed by atoms with Crippen molar-refractivity contribution < 1.29 is 14.6 Å². The highest BCUT2D eigenvalue weighted by Crippen LogP contribution is 2.47. The molecule has 0 bridgehead atoms. The molecule has 0 radical (unpaired) electrons. The van der Waals surface area contributed by atoms with E-state index >= 15 is 0 Å². The Morgan fingerprint density at radius 2 is 1.64 bits per heavy atom. The number of hydrogen-bond donors (Lipinski definition) is 1. The molecule has 28 heavy (non-hydrogen) atoms. The van der Waals surface area contributed by atoms with Gasteiger partial charge in [0.05, 0.1) is 19.3 Å². The SMILES string of the molecule is COc1ccc(C(C)(C)[C@H]2[C@H](C)[C@H](CCc3ccccc3)O[C@@H]2CCO)cc1. The van der Waals surface area contributed by atoms with Crippen LogP contribution in [0.5, 0.6) is 5.75 Å². The maximum absolute atomic E-state index is 9.63. The highest BCUT2D eigenvalue weighted by molar-refractivity contribution is 5.33. The van der Waals surface area contributed by atoms with Crippen LogP contribution in [0.25, 0.3) is 0 Å². The van der Waals surface area contributed by atoms with Crippen molar-refractivity contribution in [3.8, 4) is 5.75 Å². The lowest BCUT2D eigenvalue weighted by Gasteiger charge is -2.38. The minimum absolute atomic E-state index is 0.0486. The Bertz CT molecular complexity index is 723. The van der Waals surface area contributed by atoms with Crippen LogP contribution in [0, 0.1) is 11.8 Å².